The van der Waals surface area contributed by atoms with Crippen molar-refractivity contribution in [1.29, 1.82) is 0 Å². The lowest BCUT2D eigenvalue weighted by Crippen LogP contribution is -2.41. The van der Waals surface area contributed by atoms with Crippen LogP contribution in [0, 0.1) is 0 Å². The van der Waals surface area contributed by atoms with Crippen LogP contribution in [-0.4, -0.2) is 34.0 Å². The van der Waals surface area contributed by atoms with E-state index in [1.807, 2.05) is 0 Å². The van der Waals surface area contributed by atoms with Gasteiger partial charge in [0.2, 0.25) is 11.6 Å². The Morgan fingerprint density at radius 1 is 1.00 bits per heavy atom. The lowest BCUT2D eigenvalue weighted by atomic mass is 9.93. The fourth-order valence-corrected chi connectivity index (χ4v) is 0.906. The highest BCUT2D eigenvalue weighted by atomic mass is 16.3. The molecule has 56 valence electrons. The number of Topliss-reactive ketones (excluding diaryl/α,β-unsaturated/α-hetero) is 2. The van der Waals surface area contributed by atoms with Crippen LogP contribution in [0.15, 0.2) is 0 Å². The maximum absolute atomic E-state index is 10.6. The molecule has 4 nitrogen and oxygen atoms in total. The Labute approximate surface area is 57.5 Å². The highest BCUT2D eigenvalue weighted by molar-refractivity contribution is 6.40. The molecule has 0 radical (unpaired) electrons. The molecule has 0 bridgehead atoms. The van der Waals surface area contributed by atoms with E-state index in [0.717, 1.165) is 0 Å². The number of rotatable bonds is 0. The van der Waals surface area contributed by atoms with Gasteiger partial charge in [-0.05, 0) is 12.8 Å². The number of hydrogen-bond donors (Lipinski definition) is 2. The first-order chi connectivity index (χ1) is 4.63. The summed E-state index contributed by atoms with van der Waals surface area (Å²) in [5.41, 5.74) is 0. The first-order valence-electron chi connectivity index (χ1n) is 3.07. The Balaban J connectivity index is 2.70. The van der Waals surface area contributed by atoms with Gasteiger partial charge in [-0.3, -0.25) is 9.59 Å². The molecule has 0 saturated heterocycles. The molecule has 1 rings (SSSR count). The molecule has 4 heteroatoms. The Hall–Kier alpha value is -0.740. The summed E-state index contributed by atoms with van der Waals surface area (Å²) in [7, 11) is 0. The average molecular weight is 144 g/mol. The fraction of sp³-hybridized carbons (Fsp3) is 0.667. The van der Waals surface area contributed by atoms with Crippen molar-refractivity contribution in [3.05, 3.63) is 0 Å². The molecule has 0 amide bonds. The van der Waals surface area contributed by atoms with Gasteiger partial charge in [-0.15, -0.1) is 0 Å². The minimum Gasteiger partial charge on any atom is -0.385 e. The maximum atomic E-state index is 10.6. The van der Waals surface area contributed by atoms with Gasteiger partial charge < -0.3 is 10.2 Å². The van der Waals surface area contributed by atoms with Crippen LogP contribution >= 0.6 is 0 Å². The van der Waals surface area contributed by atoms with E-state index in [2.05, 4.69) is 0 Å². The van der Waals surface area contributed by atoms with Crippen molar-refractivity contribution in [3.63, 3.8) is 0 Å². The van der Waals surface area contributed by atoms with E-state index in [1.165, 1.54) is 0 Å². The van der Waals surface area contributed by atoms with Crippen molar-refractivity contribution in [2.45, 2.75) is 25.0 Å². The highest BCUT2D eigenvalue weighted by Gasteiger charge is 2.34. The molecule has 10 heavy (non-hydrogen) atoms. The first kappa shape index (κ1) is 7.37. The highest BCUT2D eigenvalue weighted by Crippen LogP contribution is 2.11. The zero-order valence-electron chi connectivity index (χ0n) is 5.28. The molecule has 0 aliphatic heterocycles. The number of aliphatic hydroxyl groups is 2. The van der Waals surface area contributed by atoms with Crippen LogP contribution in [0.1, 0.15) is 12.8 Å². The molecule has 0 spiro atoms. The smallest absolute Gasteiger partial charge is 0.229 e. The van der Waals surface area contributed by atoms with E-state index in [9.17, 15) is 9.59 Å². The normalized spacial score (nSPS) is 34.6. The van der Waals surface area contributed by atoms with Crippen LogP contribution in [0.25, 0.3) is 0 Å². The number of hydrogen-bond acceptors (Lipinski definition) is 4. The summed E-state index contributed by atoms with van der Waals surface area (Å²) in [4.78, 5) is 21.2. The van der Waals surface area contributed by atoms with Gasteiger partial charge in [-0.1, -0.05) is 0 Å². The molecular weight excluding hydrogens is 136 g/mol. The van der Waals surface area contributed by atoms with Crippen LogP contribution in [0.3, 0.4) is 0 Å². The molecule has 2 atom stereocenters. The van der Waals surface area contributed by atoms with Crippen LogP contribution in [-0.2, 0) is 9.59 Å². The minimum atomic E-state index is -1.18. The Bertz CT molecular complexity index is 155. The van der Waals surface area contributed by atoms with Crippen LogP contribution in [0.5, 0.6) is 0 Å². The van der Waals surface area contributed by atoms with E-state index in [4.69, 9.17) is 10.2 Å². The van der Waals surface area contributed by atoms with Crippen molar-refractivity contribution < 1.29 is 19.8 Å². The van der Waals surface area contributed by atoms with Gasteiger partial charge in [0.15, 0.2) is 0 Å². The summed E-state index contributed by atoms with van der Waals surface area (Å²) in [5, 5.41) is 17.6. The quantitative estimate of drug-likeness (QED) is 0.412. The number of carbonyl (C=O) groups is 2. The molecule has 1 aliphatic carbocycles. The van der Waals surface area contributed by atoms with Crippen molar-refractivity contribution in [2.75, 3.05) is 0 Å². The Morgan fingerprint density at radius 3 is 1.60 bits per heavy atom. The van der Waals surface area contributed by atoms with Gasteiger partial charge in [0.05, 0.1) is 0 Å². The topological polar surface area (TPSA) is 74.6 Å². The summed E-state index contributed by atoms with van der Waals surface area (Å²) in [6, 6.07) is 0. The molecule has 1 saturated carbocycles. The number of aliphatic hydroxyl groups excluding tert-OH is 2. The monoisotopic (exact) mass is 144 g/mol. The van der Waals surface area contributed by atoms with Gasteiger partial charge in [-0.25, -0.2) is 0 Å². The molecular formula is C6H8O4. The number of carbonyl (C=O) groups excluding carboxylic acids is 2. The third kappa shape index (κ3) is 1.08. The van der Waals surface area contributed by atoms with E-state index in [1.54, 1.807) is 0 Å². The summed E-state index contributed by atoms with van der Waals surface area (Å²) >= 11 is 0. The Kier molecular flexibility index (Phi) is 1.82. The van der Waals surface area contributed by atoms with Gasteiger partial charge in [0.1, 0.15) is 12.2 Å². The summed E-state index contributed by atoms with van der Waals surface area (Å²) in [6.07, 6.45) is -2.00. The largest absolute Gasteiger partial charge is 0.385 e. The predicted molar refractivity (Wildman–Crippen MR) is 31.3 cm³/mol. The van der Waals surface area contributed by atoms with E-state index < -0.39 is 23.8 Å². The zero-order valence-corrected chi connectivity index (χ0v) is 5.28. The SMILES string of the molecule is O=C1C(=O)C(O)CCC1O. The second-order valence-electron chi connectivity index (χ2n) is 2.34. The third-order valence-corrected chi connectivity index (χ3v) is 1.56. The van der Waals surface area contributed by atoms with E-state index in [0.29, 0.717) is 0 Å². The van der Waals surface area contributed by atoms with E-state index >= 15 is 0 Å². The molecule has 2 unspecified atom stereocenters. The second-order valence-corrected chi connectivity index (χ2v) is 2.34. The third-order valence-electron chi connectivity index (χ3n) is 1.56. The molecule has 1 aliphatic rings. The standard InChI is InChI=1S/C6H8O4/c7-3-1-2-4(8)6(10)5(3)9/h3-4,7-8H,1-2H2. The van der Waals surface area contributed by atoms with Crippen LogP contribution < -0.4 is 0 Å². The van der Waals surface area contributed by atoms with Crippen LogP contribution in [0.4, 0.5) is 0 Å². The lowest BCUT2D eigenvalue weighted by molar-refractivity contribution is -0.149. The molecule has 0 aromatic carbocycles. The first-order valence-corrected chi connectivity index (χ1v) is 3.07. The zero-order chi connectivity index (χ0) is 7.72. The van der Waals surface area contributed by atoms with Crippen molar-refractivity contribution in [1.82, 2.24) is 0 Å². The Morgan fingerprint density at radius 2 is 1.30 bits per heavy atom. The fourth-order valence-electron chi connectivity index (χ4n) is 0.906. The second kappa shape index (κ2) is 2.48. The molecule has 2 N–H and O–H groups in total. The van der Waals surface area contributed by atoms with E-state index in [-0.39, 0.29) is 12.8 Å². The molecule has 0 heterocycles. The average Bonchev–Trinajstić information content (AvgIpc) is 1.93. The van der Waals surface area contributed by atoms with Crippen molar-refractivity contribution in [3.8, 4) is 0 Å². The van der Waals surface area contributed by atoms with Crippen LogP contribution in [0.2, 0.25) is 0 Å². The molecule has 0 aromatic heterocycles. The molecule has 1 fully saturated rings. The van der Waals surface area contributed by atoms with Gasteiger partial charge in [0.25, 0.3) is 0 Å². The maximum Gasteiger partial charge on any atom is 0.229 e. The lowest BCUT2D eigenvalue weighted by Gasteiger charge is -2.18. The van der Waals surface area contributed by atoms with Gasteiger partial charge in [0, 0.05) is 0 Å². The summed E-state index contributed by atoms with van der Waals surface area (Å²) in [5.74, 6) is -1.72. The van der Waals surface area contributed by atoms with Crippen molar-refractivity contribution >= 4 is 11.6 Å². The van der Waals surface area contributed by atoms with Crippen molar-refractivity contribution in [2.24, 2.45) is 0 Å². The predicted octanol–water partition coefficient (Wildman–Crippen LogP) is -1.36. The number of ketones is 2. The van der Waals surface area contributed by atoms with Gasteiger partial charge in [-0.2, -0.15) is 0 Å². The molecule has 0 aromatic rings. The van der Waals surface area contributed by atoms with Gasteiger partial charge >= 0.3 is 0 Å². The summed E-state index contributed by atoms with van der Waals surface area (Å²) in [6.45, 7) is 0. The summed E-state index contributed by atoms with van der Waals surface area (Å²) < 4.78 is 0. The minimum absolute atomic E-state index is 0.186.